The van der Waals surface area contributed by atoms with Gasteiger partial charge >= 0.3 is 5.97 Å². The van der Waals surface area contributed by atoms with Crippen molar-refractivity contribution in [2.75, 3.05) is 0 Å². The summed E-state index contributed by atoms with van der Waals surface area (Å²) in [5, 5.41) is 19.8. The molecule has 0 spiro atoms. The summed E-state index contributed by atoms with van der Waals surface area (Å²) in [7, 11) is 0. The molecule has 0 saturated heterocycles. The summed E-state index contributed by atoms with van der Waals surface area (Å²) in [6.45, 7) is 1.67. The highest BCUT2D eigenvalue weighted by atomic mass is 35.5. The van der Waals surface area contributed by atoms with Gasteiger partial charge in [0.15, 0.2) is 0 Å². The van der Waals surface area contributed by atoms with Gasteiger partial charge in [0, 0.05) is 11.1 Å². The molecule has 0 aliphatic carbocycles. The van der Waals surface area contributed by atoms with Crippen molar-refractivity contribution in [3.05, 3.63) is 38.9 Å². The standard InChI is InChI=1S/C10H10ClNO4/c1-2-7-8(10(13)14)4-3-6(5-11)9(7)12(15)16/h3-4H,2,5H2,1H3,(H,13,14). The maximum Gasteiger partial charge on any atom is 0.336 e. The van der Waals surface area contributed by atoms with Gasteiger partial charge in [0.05, 0.1) is 16.4 Å². The lowest BCUT2D eigenvalue weighted by Gasteiger charge is -2.07. The molecular weight excluding hydrogens is 234 g/mol. The van der Waals surface area contributed by atoms with Gasteiger partial charge in [-0.15, -0.1) is 11.6 Å². The van der Waals surface area contributed by atoms with Crippen molar-refractivity contribution >= 4 is 23.3 Å². The van der Waals surface area contributed by atoms with E-state index in [0.29, 0.717) is 5.56 Å². The molecule has 0 aliphatic heterocycles. The molecule has 16 heavy (non-hydrogen) atoms. The molecule has 0 fully saturated rings. The molecule has 1 aromatic carbocycles. The minimum atomic E-state index is -1.17. The predicted molar refractivity (Wildman–Crippen MR) is 59.0 cm³/mol. The Morgan fingerprint density at radius 3 is 2.56 bits per heavy atom. The fourth-order valence-electron chi connectivity index (χ4n) is 1.58. The molecule has 1 rings (SSSR count). The zero-order chi connectivity index (χ0) is 12.3. The van der Waals surface area contributed by atoms with E-state index < -0.39 is 10.9 Å². The van der Waals surface area contributed by atoms with E-state index in [1.807, 2.05) is 0 Å². The number of carboxylic acid groups (broad SMARTS) is 1. The summed E-state index contributed by atoms with van der Waals surface area (Å²) in [5.41, 5.74) is 0.338. The Morgan fingerprint density at radius 2 is 2.19 bits per heavy atom. The Bertz CT molecular complexity index is 445. The molecule has 5 nitrogen and oxygen atoms in total. The predicted octanol–water partition coefficient (Wildman–Crippen LogP) is 2.59. The zero-order valence-electron chi connectivity index (χ0n) is 8.57. The Morgan fingerprint density at radius 1 is 1.56 bits per heavy atom. The maximum atomic E-state index is 10.9. The quantitative estimate of drug-likeness (QED) is 0.501. The highest BCUT2D eigenvalue weighted by Crippen LogP contribution is 2.29. The van der Waals surface area contributed by atoms with Crippen molar-refractivity contribution in [3.63, 3.8) is 0 Å². The fourth-order valence-corrected chi connectivity index (χ4v) is 1.79. The van der Waals surface area contributed by atoms with Gasteiger partial charge in [-0.3, -0.25) is 10.1 Å². The highest BCUT2D eigenvalue weighted by molar-refractivity contribution is 6.17. The van der Waals surface area contributed by atoms with E-state index >= 15 is 0 Å². The van der Waals surface area contributed by atoms with Crippen molar-refractivity contribution in [1.82, 2.24) is 0 Å². The molecule has 6 heteroatoms. The Balaban J connectivity index is 3.56. The lowest BCUT2D eigenvalue weighted by molar-refractivity contribution is -0.386. The summed E-state index contributed by atoms with van der Waals surface area (Å²) in [5.74, 6) is -1.18. The second kappa shape index (κ2) is 4.94. The van der Waals surface area contributed by atoms with E-state index in [4.69, 9.17) is 16.7 Å². The molecule has 0 bridgehead atoms. The number of aromatic carboxylic acids is 1. The minimum absolute atomic E-state index is 0.0107. The number of nitro groups is 1. The molecule has 0 heterocycles. The van der Waals surface area contributed by atoms with Crippen LogP contribution in [0.2, 0.25) is 0 Å². The molecule has 1 N–H and O–H groups in total. The first-order valence-electron chi connectivity index (χ1n) is 4.61. The monoisotopic (exact) mass is 243 g/mol. The molecule has 0 unspecified atom stereocenters. The summed E-state index contributed by atoms with van der Waals surface area (Å²) in [6, 6.07) is 2.74. The van der Waals surface area contributed by atoms with Crippen LogP contribution in [0.3, 0.4) is 0 Å². The van der Waals surface area contributed by atoms with Crippen LogP contribution in [0.5, 0.6) is 0 Å². The second-order valence-electron chi connectivity index (χ2n) is 3.15. The van der Waals surface area contributed by atoms with Gasteiger partial charge in [0.25, 0.3) is 5.69 Å². The summed E-state index contributed by atoms with van der Waals surface area (Å²) in [4.78, 5) is 21.2. The molecule has 0 aliphatic rings. The molecular formula is C10H10ClNO4. The molecule has 0 radical (unpaired) electrons. The van der Waals surface area contributed by atoms with E-state index in [2.05, 4.69) is 0 Å². The number of carboxylic acids is 1. The van der Waals surface area contributed by atoms with E-state index in [-0.39, 0.29) is 29.1 Å². The molecule has 0 atom stereocenters. The van der Waals surface area contributed by atoms with Crippen molar-refractivity contribution in [1.29, 1.82) is 0 Å². The zero-order valence-corrected chi connectivity index (χ0v) is 9.32. The van der Waals surface area contributed by atoms with E-state index in [9.17, 15) is 14.9 Å². The minimum Gasteiger partial charge on any atom is -0.478 e. The first-order valence-corrected chi connectivity index (χ1v) is 5.14. The van der Waals surface area contributed by atoms with Crippen molar-refractivity contribution in [2.24, 2.45) is 0 Å². The van der Waals surface area contributed by atoms with E-state index in [1.54, 1.807) is 6.92 Å². The SMILES string of the molecule is CCc1c(C(=O)O)ccc(CCl)c1[N+](=O)[O-]. The third-order valence-electron chi connectivity index (χ3n) is 2.28. The lowest BCUT2D eigenvalue weighted by atomic mass is 9.99. The summed E-state index contributed by atoms with van der Waals surface area (Å²) in [6.07, 6.45) is 0.280. The van der Waals surface area contributed by atoms with Crippen LogP contribution in [0, 0.1) is 10.1 Å². The molecule has 1 aromatic rings. The fraction of sp³-hybridized carbons (Fsp3) is 0.300. The van der Waals surface area contributed by atoms with Crippen LogP contribution in [0.15, 0.2) is 12.1 Å². The van der Waals surface area contributed by atoms with Gasteiger partial charge in [0.2, 0.25) is 0 Å². The van der Waals surface area contributed by atoms with Gasteiger partial charge in [-0.2, -0.15) is 0 Å². The van der Waals surface area contributed by atoms with E-state index in [1.165, 1.54) is 12.1 Å². The Labute approximate surface area is 96.8 Å². The van der Waals surface area contributed by atoms with Gasteiger partial charge in [-0.1, -0.05) is 13.0 Å². The highest BCUT2D eigenvalue weighted by Gasteiger charge is 2.23. The maximum absolute atomic E-state index is 10.9. The number of hydrogen-bond donors (Lipinski definition) is 1. The Kier molecular flexibility index (Phi) is 3.84. The van der Waals surface area contributed by atoms with Crippen molar-refractivity contribution < 1.29 is 14.8 Å². The van der Waals surface area contributed by atoms with E-state index in [0.717, 1.165) is 0 Å². The number of rotatable bonds is 4. The van der Waals surface area contributed by atoms with Crippen LogP contribution < -0.4 is 0 Å². The number of nitro benzene ring substituents is 1. The third kappa shape index (κ3) is 2.14. The summed E-state index contributed by atoms with van der Waals surface area (Å²) < 4.78 is 0. The van der Waals surface area contributed by atoms with Crippen molar-refractivity contribution in [3.8, 4) is 0 Å². The average molecular weight is 244 g/mol. The second-order valence-corrected chi connectivity index (χ2v) is 3.42. The van der Waals surface area contributed by atoms with Gasteiger partial charge in [0.1, 0.15) is 0 Å². The number of carbonyl (C=O) groups is 1. The largest absolute Gasteiger partial charge is 0.478 e. The molecule has 0 saturated carbocycles. The number of halogens is 1. The van der Waals surface area contributed by atoms with Gasteiger partial charge < -0.3 is 5.11 Å². The van der Waals surface area contributed by atoms with Gasteiger partial charge in [-0.05, 0) is 12.5 Å². The number of alkyl halides is 1. The van der Waals surface area contributed by atoms with Crippen LogP contribution in [0.4, 0.5) is 5.69 Å². The third-order valence-corrected chi connectivity index (χ3v) is 2.56. The average Bonchev–Trinajstić information content (AvgIpc) is 2.26. The van der Waals surface area contributed by atoms with Crippen LogP contribution in [-0.2, 0) is 12.3 Å². The Hall–Kier alpha value is -1.62. The smallest absolute Gasteiger partial charge is 0.336 e. The summed E-state index contributed by atoms with van der Waals surface area (Å²) >= 11 is 5.59. The van der Waals surface area contributed by atoms with Crippen LogP contribution >= 0.6 is 11.6 Å². The molecule has 0 amide bonds. The normalized spacial score (nSPS) is 10.1. The topological polar surface area (TPSA) is 80.4 Å². The first-order chi connectivity index (χ1) is 7.52. The number of hydrogen-bond acceptors (Lipinski definition) is 3. The number of benzene rings is 1. The molecule has 86 valence electrons. The first kappa shape index (κ1) is 12.4. The molecule has 0 aromatic heterocycles. The van der Waals surface area contributed by atoms with Gasteiger partial charge in [-0.25, -0.2) is 4.79 Å². The van der Waals surface area contributed by atoms with Crippen LogP contribution in [0.25, 0.3) is 0 Å². The lowest BCUT2D eigenvalue weighted by Crippen LogP contribution is -2.07. The van der Waals surface area contributed by atoms with Crippen LogP contribution in [-0.4, -0.2) is 16.0 Å². The van der Waals surface area contributed by atoms with Crippen molar-refractivity contribution in [2.45, 2.75) is 19.2 Å². The van der Waals surface area contributed by atoms with Crippen LogP contribution in [0.1, 0.15) is 28.4 Å². The number of nitrogens with zero attached hydrogens (tertiary/aromatic N) is 1.